The molecule has 1 saturated heterocycles. The van der Waals surface area contributed by atoms with Crippen molar-refractivity contribution >= 4 is 5.91 Å². The average molecular weight is 347 g/mol. The summed E-state index contributed by atoms with van der Waals surface area (Å²) in [5.41, 5.74) is 0.382. The third kappa shape index (κ3) is 5.12. The fourth-order valence-electron chi connectivity index (χ4n) is 3.67. The highest BCUT2D eigenvalue weighted by atomic mass is 16.5. The molecule has 1 aromatic rings. The van der Waals surface area contributed by atoms with Crippen molar-refractivity contribution in [2.45, 2.75) is 38.1 Å². The summed E-state index contributed by atoms with van der Waals surface area (Å²) in [6.07, 6.45) is 12.3. The first kappa shape index (κ1) is 18.1. The smallest absolute Gasteiger partial charge is 0.273 e. The molecule has 7 heteroatoms. The van der Waals surface area contributed by atoms with E-state index < -0.39 is 0 Å². The van der Waals surface area contributed by atoms with Crippen molar-refractivity contribution in [3.05, 3.63) is 24.0 Å². The summed E-state index contributed by atoms with van der Waals surface area (Å²) in [5, 5.41) is 11.0. The van der Waals surface area contributed by atoms with E-state index in [1.807, 2.05) is 4.68 Å². The van der Waals surface area contributed by atoms with Gasteiger partial charge in [-0.2, -0.15) is 0 Å². The van der Waals surface area contributed by atoms with E-state index in [1.165, 1.54) is 25.8 Å². The zero-order valence-electron chi connectivity index (χ0n) is 15.1. The SMILES string of the molecule is COCCNC(=O)c1cn(C2CCN(C[C@H]3CC=CCC3)CC2)nn1. The van der Waals surface area contributed by atoms with Crippen LogP contribution >= 0.6 is 0 Å². The van der Waals surface area contributed by atoms with E-state index in [1.54, 1.807) is 13.3 Å². The second kappa shape index (κ2) is 9.10. The van der Waals surface area contributed by atoms with Gasteiger partial charge < -0.3 is 15.0 Å². The summed E-state index contributed by atoms with van der Waals surface area (Å²) in [6, 6.07) is 0.343. The van der Waals surface area contributed by atoms with Crippen molar-refractivity contribution in [3.63, 3.8) is 0 Å². The van der Waals surface area contributed by atoms with Gasteiger partial charge in [-0.3, -0.25) is 4.79 Å². The van der Waals surface area contributed by atoms with Crippen LogP contribution in [0.5, 0.6) is 0 Å². The average Bonchev–Trinajstić information content (AvgIpc) is 3.14. The summed E-state index contributed by atoms with van der Waals surface area (Å²) < 4.78 is 6.80. The Morgan fingerprint density at radius 2 is 2.16 bits per heavy atom. The third-order valence-corrected chi connectivity index (χ3v) is 5.16. The molecule has 0 saturated carbocycles. The predicted octanol–water partition coefficient (Wildman–Crippen LogP) is 1.65. The number of nitrogens with one attached hydrogen (secondary N) is 1. The van der Waals surface area contributed by atoms with Gasteiger partial charge in [0.15, 0.2) is 5.69 Å². The molecule has 7 nitrogen and oxygen atoms in total. The Hall–Kier alpha value is -1.73. The van der Waals surface area contributed by atoms with Gasteiger partial charge in [0.1, 0.15) is 0 Å². The molecule has 138 valence electrons. The molecule has 1 atom stereocenters. The van der Waals surface area contributed by atoms with E-state index in [4.69, 9.17) is 4.74 Å². The Balaban J connectivity index is 1.45. The normalized spacial score (nSPS) is 22.2. The lowest BCUT2D eigenvalue weighted by atomic mass is 9.93. The molecule has 2 heterocycles. The number of hydrogen-bond donors (Lipinski definition) is 1. The minimum atomic E-state index is -0.189. The summed E-state index contributed by atoms with van der Waals surface area (Å²) >= 11 is 0. The zero-order chi connectivity index (χ0) is 17.5. The lowest BCUT2D eigenvalue weighted by Gasteiger charge is -2.34. The minimum absolute atomic E-state index is 0.189. The Labute approximate surface area is 149 Å². The van der Waals surface area contributed by atoms with E-state index in [-0.39, 0.29) is 5.91 Å². The van der Waals surface area contributed by atoms with Gasteiger partial charge in [-0.05, 0) is 38.0 Å². The molecule has 1 aliphatic heterocycles. The minimum Gasteiger partial charge on any atom is -0.383 e. The van der Waals surface area contributed by atoms with Crippen LogP contribution < -0.4 is 5.32 Å². The summed E-state index contributed by atoms with van der Waals surface area (Å²) in [5.74, 6) is 0.626. The maximum atomic E-state index is 12.0. The molecule has 1 fully saturated rings. The van der Waals surface area contributed by atoms with Gasteiger partial charge in [-0.25, -0.2) is 4.68 Å². The first-order valence-electron chi connectivity index (χ1n) is 9.32. The number of allylic oxidation sites excluding steroid dienone is 2. The molecule has 1 aliphatic carbocycles. The van der Waals surface area contributed by atoms with E-state index >= 15 is 0 Å². The molecule has 1 amide bonds. The number of aromatic nitrogens is 3. The fourth-order valence-corrected chi connectivity index (χ4v) is 3.67. The highest BCUT2D eigenvalue weighted by molar-refractivity contribution is 5.91. The zero-order valence-corrected chi connectivity index (χ0v) is 15.1. The first-order valence-corrected chi connectivity index (χ1v) is 9.32. The molecule has 0 spiro atoms. The summed E-state index contributed by atoms with van der Waals surface area (Å²) in [4.78, 5) is 14.6. The molecule has 1 N–H and O–H groups in total. The van der Waals surface area contributed by atoms with Crippen molar-refractivity contribution in [1.82, 2.24) is 25.2 Å². The van der Waals surface area contributed by atoms with Gasteiger partial charge in [-0.15, -0.1) is 5.10 Å². The van der Waals surface area contributed by atoms with Gasteiger partial charge in [0.2, 0.25) is 0 Å². The highest BCUT2D eigenvalue weighted by Crippen LogP contribution is 2.25. The first-order chi connectivity index (χ1) is 12.3. The number of ether oxygens (including phenoxy) is 1. The quantitative estimate of drug-likeness (QED) is 0.600. The van der Waals surface area contributed by atoms with Gasteiger partial charge in [0.05, 0.1) is 18.8 Å². The lowest BCUT2D eigenvalue weighted by Crippen LogP contribution is -2.38. The number of piperidine rings is 1. The van der Waals surface area contributed by atoms with E-state index in [9.17, 15) is 4.79 Å². The van der Waals surface area contributed by atoms with Crippen LogP contribution in [0, 0.1) is 5.92 Å². The standard InChI is InChI=1S/C18H29N5O2/c1-25-12-9-19-18(24)17-14-23(21-20-17)16-7-10-22(11-8-16)13-15-5-3-2-4-6-15/h2-3,14-16H,4-13H2,1H3,(H,19,24)/t15-/m0/s1. The van der Waals surface area contributed by atoms with Gasteiger partial charge in [0.25, 0.3) is 5.91 Å². The predicted molar refractivity (Wildman–Crippen MR) is 95.4 cm³/mol. The van der Waals surface area contributed by atoms with Crippen LogP contribution in [0.1, 0.15) is 48.6 Å². The largest absolute Gasteiger partial charge is 0.383 e. The molecule has 0 radical (unpaired) electrons. The fraction of sp³-hybridized carbons (Fsp3) is 0.722. The number of amides is 1. The van der Waals surface area contributed by atoms with Crippen LogP contribution in [0.4, 0.5) is 0 Å². The number of likely N-dealkylation sites (tertiary alicyclic amines) is 1. The number of nitrogens with zero attached hydrogens (tertiary/aromatic N) is 4. The second-order valence-corrected chi connectivity index (χ2v) is 7.01. The summed E-state index contributed by atoms with van der Waals surface area (Å²) in [6.45, 7) is 4.38. The van der Waals surface area contributed by atoms with E-state index in [2.05, 4.69) is 32.7 Å². The number of methoxy groups -OCH3 is 1. The highest BCUT2D eigenvalue weighted by Gasteiger charge is 2.24. The van der Waals surface area contributed by atoms with Crippen LogP contribution in [0.2, 0.25) is 0 Å². The maximum absolute atomic E-state index is 12.0. The van der Waals surface area contributed by atoms with E-state index in [0.29, 0.717) is 24.9 Å². The number of rotatable bonds is 7. The third-order valence-electron chi connectivity index (χ3n) is 5.16. The molecule has 3 rings (SSSR count). The molecule has 2 aliphatic rings. The Bertz CT molecular complexity index is 578. The number of carbonyl (C=O) groups excluding carboxylic acids is 1. The van der Waals surface area contributed by atoms with Crippen LogP contribution in [0.15, 0.2) is 18.3 Å². The van der Waals surface area contributed by atoms with Crippen LogP contribution in [0.25, 0.3) is 0 Å². The molecular formula is C18H29N5O2. The number of hydrogen-bond acceptors (Lipinski definition) is 5. The maximum Gasteiger partial charge on any atom is 0.273 e. The van der Waals surface area contributed by atoms with Crippen LogP contribution in [-0.4, -0.2) is 65.7 Å². The van der Waals surface area contributed by atoms with Crippen molar-refractivity contribution in [3.8, 4) is 0 Å². The monoisotopic (exact) mass is 347 g/mol. The van der Waals surface area contributed by atoms with Gasteiger partial charge >= 0.3 is 0 Å². The molecular weight excluding hydrogens is 318 g/mol. The van der Waals surface area contributed by atoms with Crippen molar-refractivity contribution in [2.24, 2.45) is 5.92 Å². The second-order valence-electron chi connectivity index (χ2n) is 7.01. The van der Waals surface area contributed by atoms with Crippen LogP contribution in [0.3, 0.4) is 0 Å². The van der Waals surface area contributed by atoms with Crippen molar-refractivity contribution in [1.29, 1.82) is 0 Å². The number of carbonyl (C=O) groups is 1. The van der Waals surface area contributed by atoms with E-state index in [0.717, 1.165) is 31.8 Å². The Morgan fingerprint density at radius 1 is 1.32 bits per heavy atom. The van der Waals surface area contributed by atoms with Gasteiger partial charge in [0, 0.05) is 33.3 Å². The lowest BCUT2D eigenvalue weighted by molar-refractivity contribution is 0.0932. The van der Waals surface area contributed by atoms with Crippen molar-refractivity contribution in [2.75, 3.05) is 39.9 Å². The molecule has 1 aromatic heterocycles. The molecule has 0 aromatic carbocycles. The molecule has 0 unspecified atom stereocenters. The van der Waals surface area contributed by atoms with Crippen LogP contribution in [-0.2, 0) is 4.74 Å². The van der Waals surface area contributed by atoms with Crippen molar-refractivity contribution < 1.29 is 9.53 Å². The summed E-state index contributed by atoms with van der Waals surface area (Å²) in [7, 11) is 1.61. The Kier molecular flexibility index (Phi) is 6.58. The Morgan fingerprint density at radius 3 is 2.88 bits per heavy atom. The topological polar surface area (TPSA) is 72.3 Å². The molecule has 25 heavy (non-hydrogen) atoms. The van der Waals surface area contributed by atoms with Gasteiger partial charge in [-0.1, -0.05) is 17.4 Å². The molecule has 0 bridgehead atoms.